The van der Waals surface area contributed by atoms with Crippen molar-refractivity contribution in [1.82, 2.24) is 4.98 Å². The Morgan fingerprint density at radius 1 is 1.50 bits per heavy atom. The third-order valence-electron chi connectivity index (χ3n) is 3.26. The number of ether oxygens (including phenoxy) is 1. The maximum Gasteiger partial charge on any atom is 0.348 e. The number of rotatable bonds is 3. The zero-order valence-electron chi connectivity index (χ0n) is 11.6. The molecule has 2 aromatic rings. The Kier molecular flexibility index (Phi) is 3.60. The molecular formula is C14H15NO3S2. The van der Waals surface area contributed by atoms with E-state index in [1.54, 1.807) is 11.8 Å². The van der Waals surface area contributed by atoms with Crippen LogP contribution in [-0.2, 0) is 17.6 Å². The summed E-state index contributed by atoms with van der Waals surface area (Å²) in [6.45, 7) is 4.08. The first-order valence-corrected chi connectivity index (χ1v) is 8.53. The van der Waals surface area contributed by atoms with Gasteiger partial charge < -0.3 is 9.15 Å². The molecule has 20 heavy (non-hydrogen) atoms. The lowest BCUT2D eigenvalue weighted by Crippen LogP contribution is -2.09. The molecule has 0 radical (unpaired) electrons. The van der Waals surface area contributed by atoms with Crippen LogP contribution in [0.25, 0.3) is 11.3 Å². The number of aryl methyl sites for hydroxylation is 2. The van der Waals surface area contributed by atoms with Crippen molar-refractivity contribution < 1.29 is 13.9 Å². The monoisotopic (exact) mass is 309 g/mol. The normalized spacial score (nSPS) is 12.9. The van der Waals surface area contributed by atoms with Crippen LogP contribution in [0, 0.1) is 6.92 Å². The quantitative estimate of drug-likeness (QED) is 0.639. The van der Waals surface area contributed by atoms with Gasteiger partial charge in [-0.05, 0) is 31.6 Å². The summed E-state index contributed by atoms with van der Waals surface area (Å²) in [7, 11) is 0. The Labute approximate surface area is 125 Å². The van der Waals surface area contributed by atoms with Gasteiger partial charge in [-0.3, -0.25) is 0 Å². The van der Waals surface area contributed by atoms with Crippen LogP contribution in [0.5, 0.6) is 0 Å². The van der Waals surface area contributed by atoms with Crippen molar-refractivity contribution in [3.8, 4) is 11.3 Å². The molecule has 106 valence electrons. The summed E-state index contributed by atoms with van der Waals surface area (Å²) >= 11 is 3.13. The smallest absolute Gasteiger partial charge is 0.348 e. The van der Waals surface area contributed by atoms with Gasteiger partial charge in [0.25, 0.3) is 0 Å². The lowest BCUT2D eigenvalue weighted by atomic mass is 9.95. The first-order chi connectivity index (χ1) is 9.65. The van der Waals surface area contributed by atoms with E-state index in [9.17, 15) is 4.79 Å². The van der Waals surface area contributed by atoms with Gasteiger partial charge in [-0.1, -0.05) is 0 Å². The van der Waals surface area contributed by atoms with E-state index < -0.39 is 0 Å². The van der Waals surface area contributed by atoms with Crippen LogP contribution >= 0.6 is 23.1 Å². The van der Waals surface area contributed by atoms with Crippen molar-refractivity contribution in [1.29, 1.82) is 0 Å². The molecule has 6 heteroatoms. The fourth-order valence-corrected chi connectivity index (χ4v) is 4.47. The van der Waals surface area contributed by atoms with E-state index in [1.807, 2.05) is 20.1 Å². The van der Waals surface area contributed by atoms with Gasteiger partial charge in [-0.25, -0.2) is 9.78 Å². The van der Waals surface area contributed by atoms with Gasteiger partial charge in [0.05, 0.1) is 16.5 Å². The molecular weight excluding hydrogens is 294 g/mol. The molecule has 0 saturated heterocycles. The average Bonchev–Trinajstić information content (AvgIpc) is 2.97. The van der Waals surface area contributed by atoms with Gasteiger partial charge in [0.1, 0.15) is 4.88 Å². The van der Waals surface area contributed by atoms with E-state index in [0.717, 1.165) is 39.6 Å². The van der Waals surface area contributed by atoms with Gasteiger partial charge in [-0.2, -0.15) is 0 Å². The molecule has 2 aromatic heterocycles. The van der Waals surface area contributed by atoms with Crippen molar-refractivity contribution in [2.45, 2.75) is 30.9 Å². The van der Waals surface area contributed by atoms with E-state index >= 15 is 0 Å². The standard InChI is InChI=1S/C14H15NO3S2/c1-4-17-13(16)12-8-5-6-9-11(18-7(2)15-9)10(8)14(19-3)20-12/h4-6H2,1-3H3. The molecule has 0 aliphatic heterocycles. The zero-order valence-corrected chi connectivity index (χ0v) is 13.2. The van der Waals surface area contributed by atoms with Crippen LogP contribution < -0.4 is 0 Å². The van der Waals surface area contributed by atoms with E-state index in [1.165, 1.54) is 11.3 Å². The summed E-state index contributed by atoms with van der Waals surface area (Å²) < 4.78 is 12.0. The summed E-state index contributed by atoms with van der Waals surface area (Å²) in [4.78, 5) is 17.2. The van der Waals surface area contributed by atoms with Crippen LogP contribution in [0.15, 0.2) is 8.63 Å². The molecule has 0 amide bonds. The average molecular weight is 309 g/mol. The predicted octanol–water partition coefficient (Wildman–Crippen LogP) is 3.71. The van der Waals surface area contributed by atoms with Gasteiger partial charge in [0, 0.05) is 12.5 Å². The van der Waals surface area contributed by atoms with E-state index in [-0.39, 0.29) is 5.97 Å². The molecule has 1 aliphatic rings. The highest BCUT2D eigenvalue weighted by molar-refractivity contribution is 8.00. The lowest BCUT2D eigenvalue weighted by Gasteiger charge is -2.12. The van der Waals surface area contributed by atoms with Crippen LogP contribution in [0.4, 0.5) is 0 Å². The van der Waals surface area contributed by atoms with Crippen molar-refractivity contribution in [2.75, 3.05) is 12.9 Å². The summed E-state index contributed by atoms with van der Waals surface area (Å²) in [5.41, 5.74) is 3.10. The molecule has 3 rings (SSSR count). The number of fused-ring (bicyclic) bond motifs is 3. The Hall–Kier alpha value is -1.27. The first-order valence-electron chi connectivity index (χ1n) is 6.49. The van der Waals surface area contributed by atoms with Gasteiger partial charge in [0.2, 0.25) is 0 Å². The number of nitrogens with zero attached hydrogens (tertiary/aromatic N) is 1. The number of thiophene rings is 1. The summed E-state index contributed by atoms with van der Waals surface area (Å²) in [6, 6.07) is 0. The molecule has 4 nitrogen and oxygen atoms in total. The summed E-state index contributed by atoms with van der Waals surface area (Å²) in [6.07, 6.45) is 3.65. The number of carbonyl (C=O) groups excluding carboxylic acids is 1. The number of hydrogen-bond donors (Lipinski definition) is 0. The highest BCUT2D eigenvalue weighted by Crippen LogP contribution is 2.46. The number of esters is 1. The first kappa shape index (κ1) is 13.7. The molecule has 0 aromatic carbocycles. The second-order valence-electron chi connectivity index (χ2n) is 4.51. The largest absolute Gasteiger partial charge is 0.462 e. The Morgan fingerprint density at radius 2 is 2.30 bits per heavy atom. The Balaban J connectivity index is 2.16. The highest BCUT2D eigenvalue weighted by Gasteiger charge is 2.31. The third-order valence-corrected chi connectivity index (χ3v) is 5.60. The van der Waals surface area contributed by atoms with Gasteiger partial charge in [-0.15, -0.1) is 23.1 Å². The SMILES string of the molecule is CCOC(=O)c1sc(SC)c2c1CCc1nc(C)oc1-2. The number of oxazole rings is 1. The molecule has 2 heterocycles. The number of aromatic nitrogens is 1. The van der Waals surface area contributed by atoms with E-state index in [4.69, 9.17) is 9.15 Å². The maximum atomic E-state index is 12.1. The molecule has 0 bridgehead atoms. The van der Waals surface area contributed by atoms with Crippen LogP contribution in [0.2, 0.25) is 0 Å². The number of carbonyl (C=O) groups is 1. The second-order valence-corrected chi connectivity index (χ2v) is 6.60. The molecule has 0 N–H and O–H groups in total. The zero-order chi connectivity index (χ0) is 14.3. The van der Waals surface area contributed by atoms with Crippen molar-refractivity contribution >= 4 is 29.1 Å². The molecule has 0 atom stereocenters. The van der Waals surface area contributed by atoms with Gasteiger partial charge >= 0.3 is 5.97 Å². The highest BCUT2D eigenvalue weighted by atomic mass is 32.2. The Bertz CT molecular complexity index is 672. The molecule has 0 unspecified atom stereocenters. The minimum absolute atomic E-state index is 0.228. The van der Waals surface area contributed by atoms with Crippen LogP contribution in [-0.4, -0.2) is 23.8 Å². The molecule has 1 aliphatic carbocycles. The molecule has 0 spiro atoms. The number of thioether (sulfide) groups is 1. The molecule has 0 fully saturated rings. The fourth-order valence-electron chi connectivity index (χ4n) is 2.49. The summed E-state index contributed by atoms with van der Waals surface area (Å²) in [5.74, 6) is 1.28. The minimum Gasteiger partial charge on any atom is -0.462 e. The Morgan fingerprint density at radius 3 is 3.00 bits per heavy atom. The second kappa shape index (κ2) is 5.26. The number of hydrogen-bond acceptors (Lipinski definition) is 6. The molecule has 0 saturated carbocycles. The van der Waals surface area contributed by atoms with Crippen molar-refractivity contribution in [3.63, 3.8) is 0 Å². The van der Waals surface area contributed by atoms with Gasteiger partial charge in [0.15, 0.2) is 11.7 Å². The summed E-state index contributed by atoms with van der Waals surface area (Å²) in [5, 5.41) is 0. The van der Waals surface area contributed by atoms with Crippen molar-refractivity contribution in [3.05, 3.63) is 22.0 Å². The van der Waals surface area contributed by atoms with Crippen LogP contribution in [0.1, 0.15) is 33.7 Å². The maximum absolute atomic E-state index is 12.1. The minimum atomic E-state index is -0.228. The van der Waals surface area contributed by atoms with Crippen molar-refractivity contribution in [2.24, 2.45) is 0 Å². The van der Waals surface area contributed by atoms with E-state index in [0.29, 0.717) is 17.4 Å². The fraction of sp³-hybridized carbons (Fsp3) is 0.429. The van der Waals surface area contributed by atoms with Crippen LogP contribution in [0.3, 0.4) is 0 Å². The topological polar surface area (TPSA) is 52.3 Å². The predicted molar refractivity (Wildman–Crippen MR) is 79.7 cm³/mol. The lowest BCUT2D eigenvalue weighted by molar-refractivity contribution is 0.0531. The van der Waals surface area contributed by atoms with E-state index in [2.05, 4.69) is 4.98 Å². The third kappa shape index (κ3) is 2.07.